The van der Waals surface area contributed by atoms with Crippen LogP contribution in [0.15, 0.2) is 35.0 Å². The smallest absolute Gasteiger partial charge is 0.291 e. The van der Waals surface area contributed by atoms with Crippen molar-refractivity contribution in [3.63, 3.8) is 0 Å². The van der Waals surface area contributed by atoms with E-state index in [2.05, 4.69) is 10.9 Å². The van der Waals surface area contributed by atoms with Gasteiger partial charge in [-0.15, -0.1) is 22.7 Å². The SMILES string of the molecule is CCC(C)(C)C(=O)C(=O)N1CCC[C@H]1C(=O)Cl.CCC(C)(C)C(=O)C(=O)N1CCC[C@H]1C(=O)NNC(=O)c1cccs1.NNC(=O)c1cccs1. The van der Waals surface area contributed by atoms with E-state index >= 15 is 0 Å². The first-order valence-electron chi connectivity index (χ1n) is 16.5. The number of rotatable bonds is 10. The molecular weight excluding hydrogens is 720 g/mol. The molecule has 0 spiro atoms. The van der Waals surface area contributed by atoms with E-state index in [9.17, 15) is 38.4 Å². The third-order valence-corrected chi connectivity index (χ3v) is 10.9. The van der Waals surface area contributed by atoms with E-state index < -0.39 is 63.4 Å². The summed E-state index contributed by atoms with van der Waals surface area (Å²) in [5, 5.41) is 3.03. The summed E-state index contributed by atoms with van der Waals surface area (Å²) in [6.45, 7) is 11.4. The van der Waals surface area contributed by atoms with Crippen LogP contribution >= 0.6 is 34.3 Å². The summed E-state index contributed by atoms with van der Waals surface area (Å²) in [4.78, 5) is 98.7. The fourth-order valence-electron chi connectivity index (χ4n) is 4.84. The van der Waals surface area contributed by atoms with E-state index in [0.717, 1.165) is 0 Å². The minimum atomic E-state index is -0.756. The molecule has 2 aliphatic heterocycles. The number of nitrogen functional groups attached to an aromatic ring is 1. The van der Waals surface area contributed by atoms with Gasteiger partial charge in [0.1, 0.15) is 12.1 Å². The molecule has 5 amide bonds. The number of carbonyl (C=O) groups excluding carboxylic acids is 8. The van der Waals surface area contributed by atoms with Crippen molar-refractivity contribution >= 4 is 80.6 Å². The number of carbonyl (C=O) groups is 8. The van der Waals surface area contributed by atoms with Crippen LogP contribution < -0.4 is 22.1 Å². The van der Waals surface area contributed by atoms with Gasteiger partial charge in [-0.05, 0) is 73.0 Å². The molecule has 2 fully saturated rings. The van der Waals surface area contributed by atoms with Crippen molar-refractivity contribution in [2.24, 2.45) is 16.7 Å². The van der Waals surface area contributed by atoms with Crippen LogP contribution in [0.5, 0.6) is 0 Å². The van der Waals surface area contributed by atoms with E-state index in [1.165, 1.54) is 32.5 Å². The molecule has 0 bridgehead atoms. The number of hydrazine groups is 2. The molecular formula is C34H47ClN6O8S2. The van der Waals surface area contributed by atoms with E-state index in [-0.39, 0.29) is 5.91 Å². The van der Waals surface area contributed by atoms with Crippen LogP contribution in [0.2, 0.25) is 0 Å². The van der Waals surface area contributed by atoms with Crippen molar-refractivity contribution in [1.82, 2.24) is 26.1 Å². The standard InChI is InChI=1S/C17H23N3O4S.C12H18ClNO3.C5H6N2OS/c1-4-17(2,3)13(21)16(24)20-9-5-7-11(20)14(22)18-19-15(23)12-8-6-10-25-12;1-4-12(2,3)9(15)11(17)14-7-5-6-8(14)10(13)16;6-7-5(8)4-2-1-3-9-4/h6,8,10-11H,4-5,7,9H2,1-3H3,(H,18,22)(H,19,23);8H,4-7H2,1-3H3;1-3H,6H2,(H,7,8)/t11-;8-;/m00./s1. The molecule has 4 heterocycles. The Morgan fingerprint density at radius 1 is 0.745 bits per heavy atom. The Morgan fingerprint density at radius 3 is 1.57 bits per heavy atom. The van der Waals surface area contributed by atoms with Gasteiger partial charge in [0.15, 0.2) is 0 Å². The second kappa shape index (κ2) is 19.6. The number of amides is 5. The van der Waals surface area contributed by atoms with Crippen LogP contribution in [-0.2, 0) is 28.8 Å². The molecule has 17 heteroatoms. The molecule has 0 radical (unpaired) electrons. The summed E-state index contributed by atoms with van der Waals surface area (Å²) in [5.74, 6) is 1.60. The van der Waals surface area contributed by atoms with Crippen LogP contribution in [0.1, 0.15) is 99.4 Å². The Hall–Kier alpha value is -3.99. The van der Waals surface area contributed by atoms with Gasteiger partial charge in [0, 0.05) is 23.9 Å². The summed E-state index contributed by atoms with van der Waals surface area (Å²) in [6.07, 6.45) is 3.50. The second-order valence-electron chi connectivity index (χ2n) is 13.1. The molecule has 0 aromatic carbocycles. The van der Waals surface area contributed by atoms with Crippen molar-refractivity contribution in [3.05, 3.63) is 44.8 Å². The monoisotopic (exact) mass is 766 g/mol. The lowest BCUT2D eigenvalue weighted by Crippen LogP contribution is -2.53. The minimum absolute atomic E-state index is 0.231. The average molecular weight is 767 g/mol. The second-order valence-corrected chi connectivity index (χ2v) is 15.4. The lowest BCUT2D eigenvalue weighted by molar-refractivity contribution is -0.151. The predicted octanol–water partition coefficient (Wildman–Crippen LogP) is 3.61. The fraction of sp³-hybridized carbons (Fsp3) is 0.529. The molecule has 4 rings (SSSR count). The van der Waals surface area contributed by atoms with Gasteiger partial charge in [-0.3, -0.25) is 54.6 Å². The fourth-order valence-corrected chi connectivity index (χ4v) is 6.31. The zero-order valence-corrected chi connectivity index (χ0v) is 32.1. The highest BCUT2D eigenvalue weighted by molar-refractivity contribution is 7.12. The molecule has 0 saturated carbocycles. The number of nitrogens with one attached hydrogen (secondary N) is 3. The lowest BCUT2D eigenvalue weighted by atomic mass is 9.84. The Labute approximate surface area is 310 Å². The number of thiophene rings is 2. The van der Waals surface area contributed by atoms with Crippen LogP contribution in [0.3, 0.4) is 0 Å². The van der Waals surface area contributed by atoms with Crippen molar-refractivity contribution in [2.45, 2.75) is 92.2 Å². The first kappa shape index (κ1) is 43.2. The van der Waals surface area contributed by atoms with Crippen LogP contribution in [0, 0.1) is 10.8 Å². The predicted molar refractivity (Wildman–Crippen MR) is 194 cm³/mol. The first-order chi connectivity index (χ1) is 23.9. The highest BCUT2D eigenvalue weighted by Crippen LogP contribution is 2.27. The Bertz CT molecular complexity index is 1560. The highest BCUT2D eigenvalue weighted by atomic mass is 35.5. The number of hydrogen-bond acceptors (Lipinski definition) is 11. The summed E-state index contributed by atoms with van der Waals surface area (Å²) < 4.78 is 0. The third kappa shape index (κ3) is 11.8. The number of halogens is 1. The van der Waals surface area contributed by atoms with Gasteiger partial charge in [0.25, 0.3) is 29.5 Å². The van der Waals surface area contributed by atoms with E-state index in [1.54, 1.807) is 57.3 Å². The van der Waals surface area contributed by atoms with Gasteiger partial charge in [0.2, 0.25) is 16.8 Å². The number of hydrogen-bond donors (Lipinski definition) is 4. The molecule has 14 nitrogen and oxygen atoms in total. The topological polar surface area (TPSA) is 205 Å². The van der Waals surface area contributed by atoms with Gasteiger partial charge < -0.3 is 9.80 Å². The molecule has 0 aliphatic carbocycles. The molecule has 2 saturated heterocycles. The molecule has 2 aliphatic rings. The van der Waals surface area contributed by atoms with E-state index in [1.807, 2.05) is 24.7 Å². The molecule has 51 heavy (non-hydrogen) atoms. The third-order valence-electron chi connectivity index (χ3n) is 8.90. The minimum Gasteiger partial charge on any atom is -0.325 e. The maximum Gasteiger partial charge on any atom is 0.291 e. The van der Waals surface area contributed by atoms with Gasteiger partial charge in [-0.25, -0.2) is 5.84 Å². The summed E-state index contributed by atoms with van der Waals surface area (Å²) in [5.41, 5.74) is 5.30. The zero-order chi connectivity index (χ0) is 38.5. The Balaban J connectivity index is 0.000000297. The Morgan fingerprint density at radius 2 is 1.18 bits per heavy atom. The molecule has 0 unspecified atom stereocenters. The maximum atomic E-state index is 12.5. The quantitative estimate of drug-likeness (QED) is 0.0916. The molecule has 2 aromatic heterocycles. The van der Waals surface area contributed by atoms with Crippen molar-refractivity contribution in [1.29, 1.82) is 0 Å². The van der Waals surface area contributed by atoms with Crippen LogP contribution in [0.4, 0.5) is 0 Å². The van der Waals surface area contributed by atoms with Crippen molar-refractivity contribution < 1.29 is 38.4 Å². The molecule has 5 N–H and O–H groups in total. The number of nitrogens with two attached hydrogens (primary N) is 1. The largest absolute Gasteiger partial charge is 0.325 e. The van der Waals surface area contributed by atoms with Gasteiger partial charge in [-0.1, -0.05) is 53.7 Å². The zero-order valence-electron chi connectivity index (χ0n) is 29.7. The first-order valence-corrected chi connectivity index (χ1v) is 18.6. The van der Waals surface area contributed by atoms with Gasteiger partial charge >= 0.3 is 0 Å². The molecule has 2 atom stereocenters. The van der Waals surface area contributed by atoms with Gasteiger partial charge in [0.05, 0.1) is 9.75 Å². The Kier molecular flexibility index (Phi) is 16.6. The molecule has 280 valence electrons. The summed E-state index contributed by atoms with van der Waals surface area (Å²) >= 11 is 8.05. The summed E-state index contributed by atoms with van der Waals surface area (Å²) in [7, 11) is 0. The van der Waals surface area contributed by atoms with E-state index in [4.69, 9.17) is 17.4 Å². The average Bonchev–Trinajstić information content (AvgIpc) is 3.96. The van der Waals surface area contributed by atoms with Gasteiger partial charge in [-0.2, -0.15) is 0 Å². The van der Waals surface area contributed by atoms with Crippen LogP contribution in [0.25, 0.3) is 0 Å². The number of Topliss-reactive ketones (excluding diaryl/α,β-unsaturated/α-hetero) is 2. The summed E-state index contributed by atoms with van der Waals surface area (Å²) in [6, 6.07) is 5.53. The van der Waals surface area contributed by atoms with Crippen LogP contribution in [-0.4, -0.2) is 81.3 Å². The normalized spacial score (nSPS) is 16.9. The van der Waals surface area contributed by atoms with Crippen molar-refractivity contribution in [2.75, 3.05) is 13.1 Å². The van der Waals surface area contributed by atoms with Crippen molar-refractivity contribution in [3.8, 4) is 0 Å². The van der Waals surface area contributed by atoms with E-state index in [0.29, 0.717) is 61.4 Å². The molecule has 2 aromatic rings. The lowest BCUT2D eigenvalue weighted by Gasteiger charge is -2.27. The number of nitrogens with zero attached hydrogens (tertiary/aromatic N) is 2. The number of ketones is 2. The highest BCUT2D eigenvalue weighted by Gasteiger charge is 2.42. The maximum absolute atomic E-state index is 12.5. The number of likely N-dealkylation sites (tertiary alicyclic amines) is 2.